The molecular weight excluding hydrogens is 425 g/mol. The molecule has 1 amide bonds. The summed E-state index contributed by atoms with van der Waals surface area (Å²) in [5.74, 6) is 0.156. The van der Waals surface area contributed by atoms with Gasteiger partial charge in [-0.1, -0.05) is 18.2 Å². The fourth-order valence-corrected chi connectivity index (χ4v) is 3.82. The van der Waals surface area contributed by atoms with Crippen molar-refractivity contribution in [3.63, 3.8) is 0 Å². The molecule has 132 valence electrons. The fourth-order valence-electron chi connectivity index (χ4n) is 3.23. The van der Waals surface area contributed by atoms with Crippen molar-refractivity contribution in [2.45, 2.75) is 26.8 Å². The molecule has 1 fully saturated rings. The molecule has 0 atom stereocenters. The highest BCUT2D eigenvalue weighted by molar-refractivity contribution is 14.1. The van der Waals surface area contributed by atoms with Crippen molar-refractivity contribution >= 4 is 28.5 Å². The van der Waals surface area contributed by atoms with Crippen molar-refractivity contribution in [1.82, 2.24) is 14.8 Å². The van der Waals surface area contributed by atoms with Crippen molar-refractivity contribution in [2.75, 3.05) is 26.2 Å². The summed E-state index contributed by atoms with van der Waals surface area (Å²) < 4.78 is 1.06. The number of halogens is 1. The van der Waals surface area contributed by atoms with Crippen LogP contribution in [0.3, 0.4) is 0 Å². The Morgan fingerprint density at radius 2 is 1.88 bits per heavy atom. The van der Waals surface area contributed by atoms with Crippen LogP contribution in [0.1, 0.15) is 33.7 Å². The number of nitrogens with zero attached hydrogens (tertiary/aromatic N) is 3. The van der Waals surface area contributed by atoms with Gasteiger partial charge in [0.25, 0.3) is 5.91 Å². The molecule has 2 aromatic rings. The lowest BCUT2D eigenvalue weighted by Crippen LogP contribution is -2.35. The summed E-state index contributed by atoms with van der Waals surface area (Å²) in [6.45, 7) is 8.42. The van der Waals surface area contributed by atoms with Gasteiger partial charge in [0.2, 0.25) is 0 Å². The summed E-state index contributed by atoms with van der Waals surface area (Å²) in [6, 6.07) is 12.1. The first-order chi connectivity index (χ1) is 12.0. The largest absolute Gasteiger partial charge is 0.337 e. The van der Waals surface area contributed by atoms with E-state index in [9.17, 15) is 4.79 Å². The Kier molecular flexibility index (Phi) is 6.06. The molecule has 25 heavy (non-hydrogen) atoms. The number of aromatic nitrogens is 1. The Labute approximate surface area is 163 Å². The predicted octanol–water partition coefficient (Wildman–Crippen LogP) is 3.65. The molecule has 4 nitrogen and oxygen atoms in total. The first-order valence-corrected chi connectivity index (χ1v) is 9.82. The number of rotatable bonds is 3. The standard InChI is InChI=1S/C20H24IN3O/c1-15-6-3-9-18(19(15)21)20(25)24-11-5-10-23(12-13-24)14-17-8-4-7-16(2)22-17/h3-4,6-9H,5,10-14H2,1-2H3. The highest BCUT2D eigenvalue weighted by Gasteiger charge is 2.22. The third-order valence-corrected chi connectivity index (χ3v) is 6.06. The first-order valence-electron chi connectivity index (χ1n) is 8.74. The van der Waals surface area contributed by atoms with Gasteiger partial charge in [0, 0.05) is 42.0 Å². The Balaban J connectivity index is 1.65. The van der Waals surface area contributed by atoms with Crippen LogP contribution in [-0.2, 0) is 6.54 Å². The SMILES string of the molecule is Cc1cccc(CN2CCCN(C(=O)c3cccc(C)c3I)CC2)n1. The maximum Gasteiger partial charge on any atom is 0.254 e. The van der Waals surface area contributed by atoms with Crippen molar-refractivity contribution in [2.24, 2.45) is 0 Å². The van der Waals surface area contributed by atoms with Gasteiger partial charge < -0.3 is 4.90 Å². The van der Waals surface area contributed by atoms with Gasteiger partial charge in [-0.25, -0.2) is 0 Å². The van der Waals surface area contributed by atoms with Gasteiger partial charge in [0.15, 0.2) is 0 Å². The fraction of sp³-hybridized carbons (Fsp3) is 0.400. The topological polar surface area (TPSA) is 36.4 Å². The normalized spacial score (nSPS) is 15.9. The predicted molar refractivity (Wildman–Crippen MR) is 109 cm³/mol. The van der Waals surface area contributed by atoms with Crippen LogP contribution in [0.15, 0.2) is 36.4 Å². The van der Waals surface area contributed by atoms with E-state index in [4.69, 9.17) is 0 Å². The molecule has 1 saturated heterocycles. The van der Waals surface area contributed by atoms with E-state index >= 15 is 0 Å². The summed E-state index contributed by atoms with van der Waals surface area (Å²) in [7, 11) is 0. The van der Waals surface area contributed by atoms with E-state index in [1.54, 1.807) is 0 Å². The number of amides is 1. The van der Waals surface area contributed by atoms with E-state index < -0.39 is 0 Å². The van der Waals surface area contributed by atoms with Gasteiger partial charge in [0.1, 0.15) is 0 Å². The minimum atomic E-state index is 0.156. The summed E-state index contributed by atoms with van der Waals surface area (Å²) in [5, 5.41) is 0. The maximum absolute atomic E-state index is 12.9. The molecule has 0 N–H and O–H groups in total. The van der Waals surface area contributed by atoms with Gasteiger partial charge >= 0.3 is 0 Å². The minimum absolute atomic E-state index is 0.156. The van der Waals surface area contributed by atoms with Crippen LogP contribution in [-0.4, -0.2) is 46.9 Å². The second kappa shape index (κ2) is 8.27. The van der Waals surface area contributed by atoms with Crippen molar-refractivity contribution < 1.29 is 4.79 Å². The third-order valence-electron chi connectivity index (χ3n) is 4.63. The highest BCUT2D eigenvalue weighted by atomic mass is 127. The summed E-state index contributed by atoms with van der Waals surface area (Å²) in [5.41, 5.74) is 4.15. The number of carbonyl (C=O) groups is 1. The number of carbonyl (C=O) groups excluding carboxylic acids is 1. The van der Waals surface area contributed by atoms with Crippen LogP contribution in [0.25, 0.3) is 0 Å². The molecule has 1 aromatic carbocycles. The van der Waals surface area contributed by atoms with Crippen molar-refractivity contribution in [3.8, 4) is 0 Å². The third kappa shape index (κ3) is 4.58. The van der Waals surface area contributed by atoms with E-state index in [1.807, 2.05) is 30.0 Å². The van der Waals surface area contributed by atoms with Crippen LogP contribution in [0.5, 0.6) is 0 Å². The Morgan fingerprint density at radius 1 is 1.08 bits per heavy atom. The monoisotopic (exact) mass is 449 g/mol. The van der Waals surface area contributed by atoms with Crippen LogP contribution >= 0.6 is 22.6 Å². The molecule has 0 unspecified atom stereocenters. The highest BCUT2D eigenvalue weighted by Crippen LogP contribution is 2.19. The zero-order valence-corrected chi connectivity index (χ0v) is 17.0. The number of pyridine rings is 1. The molecule has 1 aliphatic heterocycles. The Bertz CT molecular complexity index is 762. The maximum atomic E-state index is 12.9. The van der Waals surface area contributed by atoms with Crippen molar-refractivity contribution in [3.05, 3.63) is 62.5 Å². The van der Waals surface area contributed by atoms with Gasteiger partial charge in [-0.3, -0.25) is 14.7 Å². The van der Waals surface area contributed by atoms with Crippen molar-refractivity contribution in [1.29, 1.82) is 0 Å². The average molecular weight is 449 g/mol. The average Bonchev–Trinajstić information content (AvgIpc) is 2.82. The number of aryl methyl sites for hydroxylation is 2. The van der Waals surface area contributed by atoms with Crippen LogP contribution in [0.4, 0.5) is 0 Å². The molecular formula is C20H24IN3O. The minimum Gasteiger partial charge on any atom is -0.337 e. The molecule has 0 radical (unpaired) electrons. The lowest BCUT2D eigenvalue weighted by atomic mass is 10.1. The van der Waals surface area contributed by atoms with Gasteiger partial charge in [0.05, 0.1) is 11.3 Å². The van der Waals surface area contributed by atoms with E-state index in [0.717, 1.165) is 65.2 Å². The quantitative estimate of drug-likeness (QED) is 0.672. The lowest BCUT2D eigenvalue weighted by molar-refractivity contribution is 0.0760. The molecule has 1 aliphatic rings. The van der Waals surface area contributed by atoms with Crippen LogP contribution in [0.2, 0.25) is 0 Å². The van der Waals surface area contributed by atoms with Gasteiger partial charge in [-0.2, -0.15) is 0 Å². The van der Waals surface area contributed by atoms with Gasteiger partial charge in [-0.05, 0) is 66.6 Å². The molecule has 0 saturated carbocycles. The Hall–Kier alpha value is -1.47. The molecule has 0 bridgehead atoms. The zero-order chi connectivity index (χ0) is 17.8. The second-order valence-electron chi connectivity index (χ2n) is 6.63. The smallest absolute Gasteiger partial charge is 0.254 e. The summed E-state index contributed by atoms with van der Waals surface area (Å²) >= 11 is 2.28. The lowest BCUT2D eigenvalue weighted by Gasteiger charge is -2.22. The molecule has 1 aromatic heterocycles. The number of hydrogen-bond donors (Lipinski definition) is 0. The summed E-state index contributed by atoms with van der Waals surface area (Å²) in [4.78, 5) is 21.9. The number of benzene rings is 1. The molecule has 0 aliphatic carbocycles. The summed E-state index contributed by atoms with van der Waals surface area (Å²) in [6.07, 6.45) is 1.000. The molecule has 5 heteroatoms. The van der Waals surface area contributed by atoms with E-state index in [0.29, 0.717) is 0 Å². The van der Waals surface area contributed by atoms with E-state index in [-0.39, 0.29) is 5.91 Å². The molecule has 0 spiro atoms. The van der Waals surface area contributed by atoms with E-state index in [2.05, 4.69) is 57.6 Å². The number of hydrogen-bond acceptors (Lipinski definition) is 3. The first kappa shape index (κ1) is 18.3. The second-order valence-corrected chi connectivity index (χ2v) is 7.71. The van der Waals surface area contributed by atoms with E-state index in [1.165, 1.54) is 0 Å². The molecule has 3 rings (SSSR count). The van der Waals surface area contributed by atoms with Crippen LogP contribution < -0.4 is 0 Å². The zero-order valence-electron chi connectivity index (χ0n) is 14.8. The molecule has 2 heterocycles. The Morgan fingerprint density at radius 3 is 2.68 bits per heavy atom. The van der Waals surface area contributed by atoms with Gasteiger partial charge in [-0.15, -0.1) is 0 Å². The van der Waals surface area contributed by atoms with Crippen LogP contribution in [0, 0.1) is 17.4 Å².